The van der Waals surface area contributed by atoms with Gasteiger partial charge in [0.2, 0.25) is 0 Å². The van der Waals surface area contributed by atoms with Crippen molar-refractivity contribution in [3.8, 4) is 11.5 Å². The molecular weight excluding hydrogens is 547 g/mol. The summed E-state index contributed by atoms with van der Waals surface area (Å²) in [6.45, 7) is 3.21. The van der Waals surface area contributed by atoms with Crippen LogP contribution in [0.25, 0.3) is 0 Å². The fourth-order valence-electron chi connectivity index (χ4n) is 5.92. The van der Waals surface area contributed by atoms with E-state index < -0.39 is 6.10 Å². The number of benzene rings is 3. The number of fused-ring (bicyclic) bond motifs is 1. The van der Waals surface area contributed by atoms with Gasteiger partial charge in [0.1, 0.15) is 17.1 Å². The van der Waals surface area contributed by atoms with Crippen LogP contribution < -0.4 is 9.47 Å². The smallest absolute Gasteiger partial charge is 0.253 e. The molecule has 2 aliphatic rings. The molecule has 40 heavy (non-hydrogen) atoms. The molecule has 212 valence electrons. The van der Waals surface area contributed by atoms with Crippen molar-refractivity contribution < 1.29 is 19.4 Å². The SMILES string of the molecule is COc1ccc2c(c1)C(O)CC1(CCN(CCC(CN(C)C(=O)c3ccccc3)c3ccc(Cl)c(Cl)c3)CC1)O2. The highest BCUT2D eigenvalue weighted by Gasteiger charge is 2.43. The van der Waals surface area contributed by atoms with Gasteiger partial charge >= 0.3 is 0 Å². The number of methoxy groups -OCH3 is 1. The zero-order chi connectivity index (χ0) is 28.3. The van der Waals surface area contributed by atoms with Crippen LogP contribution in [0.5, 0.6) is 11.5 Å². The molecule has 3 aromatic rings. The molecule has 0 radical (unpaired) electrons. The number of halogens is 2. The Labute approximate surface area is 246 Å². The van der Waals surface area contributed by atoms with Crippen molar-refractivity contribution in [3.63, 3.8) is 0 Å². The standard InChI is InChI=1S/C32H36Cl2N2O4/c1-35(31(38)22-6-4-3-5-7-22)21-24(23-8-10-27(33)28(34)18-23)12-15-36-16-13-32(14-17-36)20-29(37)26-19-25(39-2)9-11-30(26)40-32/h3-11,18-19,24,29,37H,12-17,20-21H2,1-2H3. The van der Waals surface area contributed by atoms with Gasteiger partial charge < -0.3 is 24.4 Å². The Morgan fingerprint density at radius 2 is 1.85 bits per heavy atom. The number of aliphatic hydroxyl groups is 1. The fraction of sp³-hybridized carbons (Fsp3) is 0.406. The van der Waals surface area contributed by atoms with E-state index in [1.165, 1.54) is 0 Å². The van der Waals surface area contributed by atoms with Crippen LogP contribution in [-0.4, -0.2) is 66.8 Å². The van der Waals surface area contributed by atoms with Crippen LogP contribution >= 0.6 is 23.2 Å². The van der Waals surface area contributed by atoms with Crippen molar-refractivity contribution in [2.75, 3.05) is 40.3 Å². The zero-order valence-electron chi connectivity index (χ0n) is 23.0. The molecule has 5 rings (SSSR count). The maximum atomic E-state index is 13.1. The maximum absolute atomic E-state index is 13.1. The first-order chi connectivity index (χ1) is 19.3. The molecule has 2 aliphatic heterocycles. The van der Waals surface area contributed by atoms with Crippen molar-refractivity contribution in [3.05, 3.63) is 93.5 Å². The Balaban J connectivity index is 1.23. The van der Waals surface area contributed by atoms with Crippen LogP contribution in [0.4, 0.5) is 0 Å². The highest BCUT2D eigenvalue weighted by molar-refractivity contribution is 6.42. The summed E-state index contributed by atoms with van der Waals surface area (Å²) >= 11 is 12.6. The molecule has 1 amide bonds. The van der Waals surface area contributed by atoms with Crippen molar-refractivity contribution in [2.45, 2.75) is 43.3 Å². The Morgan fingerprint density at radius 1 is 1.10 bits per heavy atom. The average molecular weight is 584 g/mol. The minimum absolute atomic E-state index is 0.00326. The first kappa shape index (κ1) is 28.7. The van der Waals surface area contributed by atoms with Crippen LogP contribution in [0.1, 0.15) is 59.2 Å². The number of likely N-dealkylation sites (N-methyl/N-ethyl adjacent to an activating group) is 1. The number of carbonyl (C=O) groups is 1. The van der Waals surface area contributed by atoms with E-state index in [0.29, 0.717) is 28.6 Å². The van der Waals surface area contributed by atoms with Gasteiger partial charge in [-0.2, -0.15) is 0 Å². The topological polar surface area (TPSA) is 62.2 Å². The van der Waals surface area contributed by atoms with Gasteiger partial charge in [-0.3, -0.25) is 4.79 Å². The molecule has 2 heterocycles. The van der Waals surface area contributed by atoms with Crippen molar-refractivity contribution in [1.29, 1.82) is 0 Å². The fourth-order valence-corrected chi connectivity index (χ4v) is 6.22. The van der Waals surface area contributed by atoms with Gasteiger partial charge in [0, 0.05) is 50.1 Å². The molecule has 2 atom stereocenters. The number of amides is 1. The van der Waals surface area contributed by atoms with E-state index in [-0.39, 0.29) is 17.4 Å². The third-order valence-corrected chi connectivity index (χ3v) is 9.04. The zero-order valence-corrected chi connectivity index (χ0v) is 24.5. The number of hydrogen-bond acceptors (Lipinski definition) is 5. The van der Waals surface area contributed by atoms with Gasteiger partial charge in [-0.25, -0.2) is 0 Å². The third-order valence-electron chi connectivity index (χ3n) is 8.31. The first-order valence-electron chi connectivity index (χ1n) is 13.8. The van der Waals surface area contributed by atoms with E-state index in [4.69, 9.17) is 32.7 Å². The number of ether oxygens (including phenoxy) is 2. The first-order valence-corrected chi connectivity index (χ1v) is 14.6. The monoisotopic (exact) mass is 582 g/mol. The van der Waals surface area contributed by atoms with Crippen LogP contribution in [-0.2, 0) is 0 Å². The van der Waals surface area contributed by atoms with E-state index in [0.717, 1.165) is 61.5 Å². The van der Waals surface area contributed by atoms with E-state index in [9.17, 15) is 9.90 Å². The third kappa shape index (κ3) is 6.41. The quantitative estimate of drug-likeness (QED) is 0.324. The Kier molecular flexibility index (Phi) is 8.91. The minimum Gasteiger partial charge on any atom is -0.497 e. The number of piperidine rings is 1. The number of hydrogen-bond donors (Lipinski definition) is 1. The number of aliphatic hydroxyl groups excluding tert-OH is 1. The second-order valence-electron chi connectivity index (χ2n) is 11.0. The summed E-state index contributed by atoms with van der Waals surface area (Å²) in [6.07, 6.45) is 2.57. The number of likely N-dealkylation sites (tertiary alicyclic amines) is 1. The Bertz CT molecular complexity index is 1330. The summed E-state index contributed by atoms with van der Waals surface area (Å²) < 4.78 is 11.8. The lowest BCUT2D eigenvalue weighted by atomic mass is 9.81. The predicted octanol–water partition coefficient (Wildman–Crippen LogP) is 6.60. The van der Waals surface area contributed by atoms with Crippen LogP contribution in [0, 0.1) is 0 Å². The summed E-state index contributed by atoms with van der Waals surface area (Å²) in [4.78, 5) is 17.3. The lowest BCUT2D eigenvalue weighted by Crippen LogP contribution is -2.50. The molecule has 1 saturated heterocycles. The molecule has 6 nitrogen and oxygen atoms in total. The second-order valence-corrected chi connectivity index (χ2v) is 11.8. The molecule has 0 aliphatic carbocycles. The number of nitrogens with zero attached hydrogens (tertiary/aromatic N) is 2. The number of carbonyl (C=O) groups excluding carboxylic acids is 1. The van der Waals surface area contributed by atoms with E-state index in [1.807, 2.05) is 73.8 Å². The predicted molar refractivity (Wildman–Crippen MR) is 159 cm³/mol. The molecule has 8 heteroatoms. The highest BCUT2D eigenvalue weighted by Crippen LogP contribution is 2.45. The van der Waals surface area contributed by atoms with Crippen molar-refractivity contribution in [2.24, 2.45) is 0 Å². The van der Waals surface area contributed by atoms with Crippen LogP contribution in [0.15, 0.2) is 66.7 Å². The lowest BCUT2D eigenvalue weighted by molar-refractivity contribution is -0.0542. The average Bonchev–Trinajstić information content (AvgIpc) is 2.97. The van der Waals surface area contributed by atoms with Gasteiger partial charge in [0.05, 0.1) is 23.3 Å². The Morgan fingerprint density at radius 3 is 2.55 bits per heavy atom. The maximum Gasteiger partial charge on any atom is 0.253 e. The molecule has 0 bridgehead atoms. The largest absolute Gasteiger partial charge is 0.497 e. The molecule has 1 N–H and O–H groups in total. The van der Waals surface area contributed by atoms with E-state index >= 15 is 0 Å². The van der Waals surface area contributed by atoms with Gasteiger partial charge in [0.15, 0.2) is 0 Å². The summed E-state index contributed by atoms with van der Waals surface area (Å²) in [7, 11) is 3.48. The Hall–Kier alpha value is -2.77. The summed E-state index contributed by atoms with van der Waals surface area (Å²) in [5.74, 6) is 1.56. The summed E-state index contributed by atoms with van der Waals surface area (Å²) in [5.41, 5.74) is 2.18. The molecule has 2 unspecified atom stereocenters. The summed E-state index contributed by atoms with van der Waals surface area (Å²) in [5, 5.41) is 12.0. The molecule has 0 saturated carbocycles. The molecular formula is C32H36Cl2N2O4. The van der Waals surface area contributed by atoms with Gasteiger partial charge in [-0.05, 0) is 73.8 Å². The van der Waals surface area contributed by atoms with Gasteiger partial charge in [-0.15, -0.1) is 0 Å². The summed E-state index contributed by atoms with van der Waals surface area (Å²) in [6, 6.07) is 20.8. The van der Waals surface area contributed by atoms with Gasteiger partial charge in [0.25, 0.3) is 5.91 Å². The highest BCUT2D eigenvalue weighted by atomic mass is 35.5. The molecule has 3 aromatic carbocycles. The molecule has 1 spiro atoms. The molecule has 1 fully saturated rings. The van der Waals surface area contributed by atoms with Crippen LogP contribution in [0.2, 0.25) is 10.0 Å². The van der Waals surface area contributed by atoms with Gasteiger partial charge in [-0.1, -0.05) is 47.5 Å². The lowest BCUT2D eigenvalue weighted by Gasteiger charge is -2.46. The van der Waals surface area contributed by atoms with Crippen molar-refractivity contribution in [1.82, 2.24) is 9.80 Å². The van der Waals surface area contributed by atoms with Crippen LogP contribution in [0.3, 0.4) is 0 Å². The van der Waals surface area contributed by atoms with E-state index in [2.05, 4.69) is 4.90 Å². The normalized spacial score (nSPS) is 19.0. The number of rotatable bonds is 8. The molecule has 0 aromatic heterocycles. The second kappa shape index (κ2) is 12.4. The van der Waals surface area contributed by atoms with Crippen molar-refractivity contribution >= 4 is 29.1 Å². The minimum atomic E-state index is -0.567. The van der Waals surface area contributed by atoms with E-state index in [1.54, 1.807) is 12.0 Å².